The van der Waals surface area contributed by atoms with Crippen molar-refractivity contribution in [3.05, 3.63) is 107 Å². The smallest absolute Gasteiger partial charge is 0.261 e. The molecule has 0 spiro atoms. The lowest BCUT2D eigenvalue weighted by atomic mass is 9.85. The number of aromatic nitrogens is 2. The van der Waals surface area contributed by atoms with Crippen LogP contribution in [0.3, 0.4) is 0 Å². The van der Waals surface area contributed by atoms with Crippen LogP contribution < -0.4 is 0 Å². The molecular formula is C28H20N4O4. The third kappa shape index (κ3) is 2.94. The molecule has 0 N–H and O–H groups in total. The van der Waals surface area contributed by atoms with Gasteiger partial charge in [0.1, 0.15) is 0 Å². The molecule has 36 heavy (non-hydrogen) atoms. The Morgan fingerprint density at radius 2 is 0.889 bits per heavy atom. The van der Waals surface area contributed by atoms with Gasteiger partial charge in [-0.3, -0.25) is 38.9 Å². The van der Waals surface area contributed by atoms with Crippen molar-refractivity contribution in [2.45, 2.75) is 25.9 Å². The predicted octanol–water partition coefficient (Wildman–Crippen LogP) is 4.34. The fourth-order valence-electron chi connectivity index (χ4n) is 5.16. The van der Waals surface area contributed by atoms with Crippen molar-refractivity contribution in [1.82, 2.24) is 19.8 Å². The topological polar surface area (TPSA) is 101 Å². The average Bonchev–Trinajstić information content (AvgIpc) is 2.91. The maximum Gasteiger partial charge on any atom is 0.261 e. The molecule has 0 fully saturated rings. The summed E-state index contributed by atoms with van der Waals surface area (Å²) in [5, 5.41) is 0.704. The van der Waals surface area contributed by atoms with Crippen LogP contribution >= 0.6 is 0 Å². The van der Waals surface area contributed by atoms with Gasteiger partial charge in [-0.05, 0) is 61.4 Å². The third-order valence-electron chi connectivity index (χ3n) is 7.07. The van der Waals surface area contributed by atoms with E-state index in [1.165, 1.54) is 9.80 Å². The molecule has 2 aliphatic heterocycles. The highest BCUT2D eigenvalue weighted by Crippen LogP contribution is 2.41. The number of rotatable bonds is 4. The lowest BCUT2D eigenvalue weighted by Gasteiger charge is -2.35. The average molecular weight is 476 g/mol. The van der Waals surface area contributed by atoms with Gasteiger partial charge in [-0.1, -0.05) is 12.1 Å². The van der Waals surface area contributed by atoms with Crippen molar-refractivity contribution < 1.29 is 19.2 Å². The van der Waals surface area contributed by atoms with Crippen LogP contribution in [0.1, 0.15) is 78.5 Å². The third-order valence-corrected chi connectivity index (χ3v) is 7.07. The highest BCUT2D eigenvalue weighted by atomic mass is 16.2. The van der Waals surface area contributed by atoms with Crippen LogP contribution in [-0.2, 0) is 0 Å². The van der Waals surface area contributed by atoms with E-state index in [4.69, 9.17) is 0 Å². The minimum absolute atomic E-state index is 0.287. The van der Waals surface area contributed by atoms with Crippen LogP contribution in [0.4, 0.5) is 0 Å². The second-order valence-corrected chi connectivity index (χ2v) is 8.96. The van der Waals surface area contributed by atoms with Gasteiger partial charge in [-0.2, -0.15) is 0 Å². The Morgan fingerprint density at radius 3 is 1.17 bits per heavy atom. The summed E-state index contributed by atoms with van der Waals surface area (Å²) in [6.45, 7) is 3.54. The molecule has 176 valence electrons. The molecule has 2 atom stereocenters. The predicted molar refractivity (Wildman–Crippen MR) is 130 cm³/mol. The summed E-state index contributed by atoms with van der Waals surface area (Å²) in [5.41, 5.74) is 2.59. The number of benzene rings is 2. The zero-order valence-corrected chi connectivity index (χ0v) is 19.5. The van der Waals surface area contributed by atoms with E-state index >= 15 is 0 Å². The zero-order chi connectivity index (χ0) is 25.1. The summed E-state index contributed by atoms with van der Waals surface area (Å²) in [4.78, 5) is 64.9. The molecule has 0 saturated heterocycles. The molecule has 2 aromatic carbocycles. The first-order valence-corrected chi connectivity index (χ1v) is 11.6. The van der Waals surface area contributed by atoms with Gasteiger partial charge >= 0.3 is 0 Å². The van der Waals surface area contributed by atoms with Crippen LogP contribution in [0, 0.1) is 0 Å². The first kappa shape index (κ1) is 21.8. The molecule has 0 saturated carbocycles. The fraction of sp³-hybridized carbons (Fsp3) is 0.143. The van der Waals surface area contributed by atoms with E-state index in [1.54, 1.807) is 75.0 Å². The maximum absolute atomic E-state index is 13.6. The Bertz CT molecular complexity index is 1410. The molecule has 0 aliphatic carbocycles. The van der Waals surface area contributed by atoms with Crippen LogP contribution in [0.15, 0.2) is 73.3 Å². The molecule has 0 bridgehead atoms. The van der Waals surface area contributed by atoms with Crippen LogP contribution in [0.25, 0.3) is 10.8 Å². The summed E-state index contributed by atoms with van der Waals surface area (Å²) in [7, 11) is 0. The minimum atomic E-state index is -0.548. The summed E-state index contributed by atoms with van der Waals surface area (Å²) >= 11 is 0. The van der Waals surface area contributed by atoms with E-state index in [1.807, 2.05) is 12.1 Å². The number of hydrogen-bond donors (Lipinski definition) is 0. The van der Waals surface area contributed by atoms with Crippen molar-refractivity contribution in [3.8, 4) is 0 Å². The Kier molecular flexibility index (Phi) is 4.79. The fourth-order valence-corrected chi connectivity index (χ4v) is 5.16. The maximum atomic E-state index is 13.6. The Morgan fingerprint density at radius 1 is 0.556 bits per heavy atom. The molecule has 6 rings (SSSR count). The largest absolute Gasteiger partial charge is 0.269 e. The number of nitrogens with zero attached hydrogens (tertiary/aromatic N) is 4. The molecule has 2 aliphatic rings. The van der Waals surface area contributed by atoms with Gasteiger partial charge < -0.3 is 0 Å². The summed E-state index contributed by atoms with van der Waals surface area (Å²) in [5.74, 6) is -1.89. The number of carbonyl (C=O) groups is 4. The summed E-state index contributed by atoms with van der Waals surface area (Å²) < 4.78 is 0. The monoisotopic (exact) mass is 476 g/mol. The quantitative estimate of drug-likeness (QED) is 0.406. The Labute approximate surface area is 206 Å². The highest BCUT2D eigenvalue weighted by Gasteiger charge is 2.42. The Balaban J connectivity index is 1.49. The second kappa shape index (κ2) is 7.91. The van der Waals surface area contributed by atoms with E-state index in [-0.39, 0.29) is 22.3 Å². The zero-order valence-electron chi connectivity index (χ0n) is 19.5. The van der Waals surface area contributed by atoms with Crippen LogP contribution in [0.5, 0.6) is 0 Å². The van der Waals surface area contributed by atoms with E-state index < -0.39 is 35.7 Å². The molecule has 4 amide bonds. The van der Waals surface area contributed by atoms with Crippen molar-refractivity contribution in [3.63, 3.8) is 0 Å². The van der Waals surface area contributed by atoms with Crippen molar-refractivity contribution >= 4 is 34.4 Å². The SMILES string of the molecule is C[C@H](c1cccnc1)N1C(=O)c2ccc3c4c(ccc(c24)C1=O)C(=O)N([C@H](C)c1cccnc1)C3=O. The molecule has 8 nitrogen and oxygen atoms in total. The standard InChI is InChI=1S/C28H20N4O4/c1-15(17-5-3-11-29-13-17)31-25(33)19-7-9-21-24-22(10-8-20(23(19)24)26(31)34)28(36)32(27(21)35)16(2)18-6-4-12-30-14-18/h3-16H,1-2H3/t15-,16-/m1/s1. The van der Waals surface area contributed by atoms with Crippen molar-refractivity contribution in [2.24, 2.45) is 0 Å². The van der Waals surface area contributed by atoms with Gasteiger partial charge in [0, 0.05) is 57.8 Å². The van der Waals surface area contributed by atoms with Crippen LogP contribution in [0.2, 0.25) is 0 Å². The first-order chi connectivity index (χ1) is 17.4. The second-order valence-electron chi connectivity index (χ2n) is 8.96. The van der Waals surface area contributed by atoms with E-state index in [9.17, 15) is 19.2 Å². The number of pyridine rings is 2. The lowest BCUT2D eigenvalue weighted by molar-refractivity contribution is 0.0527. The summed E-state index contributed by atoms with van der Waals surface area (Å²) in [6, 6.07) is 12.3. The number of imide groups is 2. The normalized spacial score (nSPS) is 16.5. The van der Waals surface area contributed by atoms with Gasteiger partial charge in [-0.15, -0.1) is 0 Å². The molecule has 0 unspecified atom stereocenters. The van der Waals surface area contributed by atoms with Gasteiger partial charge in [0.25, 0.3) is 23.6 Å². The van der Waals surface area contributed by atoms with Gasteiger partial charge in [0.2, 0.25) is 0 Å². The van der Waals surface area contributed by atoms with E-state index in [0.717, 1.165) is 11.1 Å². The van der Waals surface area contributed by atoms with Gasteiger partial charge in [0.05, 0.1) is 12.1 Å². The molecular weight excluding hydrogens is 456 g/mol. The molecule has 8 heteroatoms. The molecule has 4 heterocycles. The van der Waals surface area contributed by atoms with Crippen molar-refractivity contribution in [2.75, 3.05) is 0 Å². The van der Waals surface area contributed by atoms with Crippen molar-refractivity contribution in [1.29, 1.82) is 0 Å². The van der Waals surface area contributed by atoms with E-state index in [0.29, 0.717) is 10.8 Å². The van der Waals surface area contributed by atoms with E-state index in [2.05, 4.69) is 9.97 Å². The minimum Gasteiger partial charge on any atom is -0.269 e. The number of amides is 4. The number of carbonyl (C=O) groups excluding carboxylic acids is 4. The number of hydrogen-bond acceptors (Lipinski definition) is 6. The van der Waals surface area contributed by atoms with Gasteiger partial charge in [0.15, 0.2) is 0 Å². The summed E-state index contributed by atoms with van der Waals surface area (Å²) in [6.07, 6.45) is 6.49. The molecule has 0 radical (unpaired) electrons. The first-order valence-electron chi connectivity index (χ1n) is 11.6. The van der Waals surface area contributed by atoms with Crippen LogP contribution in [-0.4, -0.2) is 43.4 Å². The molecule has 2 aromatic heterocycles. The highest BCUT2D eigenvalue weighted by molar-refractivity contribution is 6.33. The van der Waals surface area contributed by atoms with Gasteiger partial charge in [-0.25, -0.2) is 0 Å². The lowest BCUT2D eigenvalue weighted by Crippen LogP contribution is -2.44. The molecule has 4 aromatic rings. The Hall–Kier alpha value is -4.72.